The summed E-state index contributed by atoms with van der Waals surface area (Å²) in [7, 11) is 1.48. The summed E-state index contributed by atoms with van der Waals surface area (Å²) >= 11 is 0. The van der Waals surface area contributed by atoms with Crippen LogP contribution in [0.2, 0.25) is 0 Å². The predicted molar refractivity (Wildman–Crippen MR) is 130 cm³/mol. The lowest BCUT2D eigenvalue weighted by atomic mass is 10.0. The number of carbonyl (C=O) groups excluding carboxylic acids is 2. The highest BCUT2D eigenvalue weighted by atomic mass is 19.1. The van der Waals surface area contributed by atoms with Crippen LogP contribution < -0.4 is 15.4 Å². The van der Waals surface area contributed by atoms with Crippen LogP contribution in [0.5, 0.6) is 5.75 Å². The van der Waals surface area contributed by atoms with Gasteiger partial charge < -0.3 is 19.9 Å². The molecule has 36 heavy (non-hydrogen) atoms. The molecule has 0 heterocycles. The summed E-state index contributed by atoms with van der Waals surface area (Å²) in [6.07, 6.45) is -1.97. The molecular formula is C26H22FN3O6. The summed E-state index contributed by atoms with van der Waals surface area (Å²) in [6, 6.07) is 16.4. The number of hydrogen-bond donors (Lipinski definition) is 3. The van der Waals surface area contributed by atoms with Gasteiger partial charge in [-0.25, -0.2) is 9.18 Å². The van der Waals surface area contributed by atoms with Gasteiger partial charge >= 0.3 is 6.09 Å². The first-order valence-corrected chi connectivity index (χ1v) is 10.7. The fourth-order valence-corrected chi connectivity index (χ4v) is 3.35. The van der Waals surface area contributed by atoms with Crippen molar-refractivity contribution in [1.82, 2.24) is 0 Å². The Labute approximate surface area is 206 Å². The lowest BCUT2D eigenvalue weighted by Crippen LogP contribution is -2.19. The van der Waals surface area contributed by atoms with Crippen molar-refractivity contribution in [3.8, 4) is 22.9 Å². The molecule has 0 aliphatic carbocycles. The summed E-state index contributed by atoms with van der Waals surface area (Å²) in [4.78, 5) is 36.6. The Morgan fingerprint density at radius 3 is 2.42 bits per heavy atom. The first-order chi connectivity index (χ1) is 17.3. The van der Waals surface area contributed by atoms with Crippen molar-refractivity contribution in [3.63, 3.8) is 0 Å². The molecule has 0 saturated heterocycles. The minimum Gasteiger partial charge on any atom is -0.490 e. The molecule has 0 unspecified atom stereocenters. The van der Waals surface area contributed by atoms with Crippen molar-refractivity contribution < 1.29 is 33.4 Å². The smallest absolute Gasteiger partial charge is 0.409 e. The average molecular weight is 491 g/mol. The van der Waals surface area contributed by atoms with Crippen LogP contribution in [0, 0.1) is 17.1 Å². The predicted octanol–water partition coefficient (Wildman–Crippen LogP) is 4.69. The highest BCUT2D eigenvalue weighted by Crippen LogP contribution is 2.39. The fraction of sp³-hybridized carbons (Fsp3) is 0.154. The van der Waals surface area contributed by atoms with Crippen LogP contribution in [-0.4, -0.2) is 43.2 Å². The van der Waals surface area contributed by atoms with E-state index in [2.05, 4.69) is 10.6 Å². The summed E-state index contributed by atoms with van der Waals surface area (Å²) < 4.78 is 25.3. The molecule has 9 nitrogen and oxygen atoms in total. The molecule has 0 spiro atoms. The zero-order chi connectivity index (χ0) is 26.1. The maximum absolute atomic E-state index is 14.6. The number of nitrogens with one attached hydrogen (secondary N) is 2. The zero-order valence-electron chi connectivity index (χ0n) is 19.2. The minimum atomic E-state index is -1.41. The van der Waals surface area contributed by atoms with E-state index in [9.17, 15) is 23.9 Å². The minimum absolute atomic E-state index is 0.00156. The van der Waals surface area contributed by atoms with E-state index in [0.717, 1.165) is 0 Å². The second-order valence-corrected chi connectivity index (χ2v) is 7.49. The normalized spacial score (nSPS) is 10.2. The third kappa shape index (κ3) is 6.65. The van der Waals surface area contributed by atoms with Crippen LogP contribution in [0.25, 0.3) is 11.1 Å². The third-order valence-electron chi connectivity index (χ3n) is 4.98. The van der Waals surface area contributed by atoms with Crippen molar-refractivity contribution in [2.45, 2.75) is 6.42 Å². The zero-order valence-corrected chi connectivity index (χ0v) is 19.2. The number of Topliss-reactive ketones (excluding diaryl/α,β-unsaturated/α-hetero) is 1. The van der Waals surface area contributed by atoms with Gasteiger partial charge in [-0.2, -0.15) is 5.26 Å². The van der Waals surface area contributed by atoms with Gasteiger partial charge in [0.1, 0.15) is 18.2 Å². The van der Waals surface area contributed by atoms with Gasteiger partial charge in [0.15, 0.2) is 5.78 Å². The van der Waals surface area contributed by atoms with E-state index in [1.165, 1.54) is 61.7 Å². The van der Waals surface area contributed by atoms with Gasteiger partial charge in [-0.05, 0) is 24.3 Å². The van der Waals surface area contributed by atoms with E-state index in [0.29, 0.717) is 0 Å². The first-order valence-electron chi connectivity index (χ1n) is 10.7. The largest absolute Gasteiger partial charge is 0.490 e. The maximum Gasteiger partial charge on any atom is 0.409 e. The number of carbonyl (C=O) groups is 3. The molecule has 0 aliphatic rings. The van der Waals surface area contributed by atoms with Crippen LogP contribution >= 0.6 is 0 Å². The number of halogens is 1. The first kappa shape index (κ1) is 25.9. The number of methoxy groups -OCH3 is 1. The molecule has 0 fully saturated rings. The number of hydrogen-bond acceptors (Lipinski definition) is 6. The second-order valence-electron chi connectivity index (χ2n) is 7.49. The van der Waals surface area contributed by atoms with Crippen molar-refractivity contribution >= 4 is 29.2 Å². The highest BCUT2D eigenvalue weighted by molar-refractivity contribution is 6.12. The Balaban J connectivity index is 1.96. The van der Waals surface area contributed by atoms with Gasteiger partial charge in [-0.3, -0.25) is 14.9 Å². The van der Waals surface area contributed by atoms with Crippen LogP contribution in [0.3, 0.4) is 0 Å². The molecule has 3 aromatic rings. The molecule has 0 aromatic heterocycles. The van der Waals surface area contributed by atoms with Crippen LogP contribution in [0.1, 0.15) is 22.3 Å². The van der Waals surface area contributed by atoms with E-state index in [-0.39, 0.29) is 52.6 Å². The number of carboxylic acid groups (broad SMARTS) is 1. The summed E-state index contributed by atoms with van der Waals surface area (Å²) in [5.74, 6) is -1.67. The van der Waals surface area contributed by atoms with Crippen LogP contribution in [0.15, 0.2) is 60.7 Å². The Hall–Kier alpha value is -4.75. The molecule has 184 valence electrons. The number of nitrogens with zero attached hydrogens (tertiary/aromatic N) is 1. The molecule has 3 rings (SSSR count). The van der Waals surface area contributed by atoms with Gasteiger partial charge in [0.05, 0.1) is 36.0 Å². The van der Waals surface area contributed by atoms with Gasteiger partial charge in [-0.1, -0.05) is 30.3 Å². The monoisotopic (exact) mass is 491 g/mol. The quantitative estimate of drug-likeness (QED) is 0.212. The Morgan fingerprint density at radius 1 is 0.972 bits per heavy atom. The van der Waals surface area contributed by atoms with Crippen molar-refractivity contribution in [1.29, 1.82) is 5.26 Å². The molecule has 0 bridgehead atoms. The van der Waals surface area contributed by atoms with E-state index < -0.39 is 30.0 Å². The highest BCUT2D eigenvalue weighted by Gasteiger charge is 2.20. The van der Waals surface area contributed by atoms with E-state index >= 15 is 0 Å². The number of benzene rings is 3. The van der Waals surface area contributed by atoms with E-state index in [1.807, 2.05) is 6.07 Å². The SMILES string of the molecule is COCCOc1cc(NC(=O)O)c(NC(=O)CC(=O)c2cccc(C#N)c2)cc1-c1ccccc1F. The lowest BCUT2D eigenvalue weighted by molar-refractivity contribution is -0.115. The molecule has 2 amide bonds. The topological polar surface area (TPSA) is 138 Å². The number of ketones is 1. The third-order valence-corrected chi connectivity index (χ3v) is 4.98. The van der Waals surface area contributed by atoms with E-state index in [1.54, 1.807) is 6.07 Å². The summed E-state index contributed by atoms with van der Waals surface area (Å²) in [5, 5.41) is 23.0. The molecular weight excluding hydrogens is 469 g/mol. The van der Waals surface area contributed by atoms with Crippen LogP contribution in [0.4, 0.5) is 20.6 Å². The molecule has 0 radical (unpaired) electrons. The number of nitriles is 1. The van der Waals surface area contributed by atoms with Gasteiger partial charge in [-0.15, -0.1) is 0 Å². The number of ether oxygens (including phenoxy) is 2. The molecule has 0 aliphatic heterocycles. The van der Waals surface area contributed by atoms with Crippen molar-refractivity contribution in [2.24, 2.45) is 0 Å². The number of rotatable bonds is 10. The van der Waals surface area contributed by atoms with Crippen LogP contribution in [-0.2, 0) is 9.53 Å². The summed E-state index contributed by atoms with van der Waals surface area (Å²) in [5.41, 5.74) is 0.825. The molecule has 0 saturated carbocycles. The van der Waals surface area contributed by atoms with Gasteiger partial charge in [0.2, 0.25) is 5.91 Å². The lowest BCUT2D eigenvalue weighted by Gasteiger charge is -2.18. The van der Waals surface area contributed by atoms with Crippen molar-refractivity contribution in [2.75, 3.05) is 31.0 Å². The Bertz CT molecular complexity index is 1340. The molecule has 0 atom stereocenters. The average Bonchev–Trinajstić information content (AvgIpc) is 2.85. The fourth-order valence-electron chi connectivity index (χ4n) is 3.35. The molecule has 3 aromatic carbocycles. The summed E-state index contributed by atoms with van der Waals surface area (Å²) in [6.45, 7) is 0.332. The Kier molecular flexibility index (Phi) is 8.69. The van der Waals surface area contributed by atoms with E-state index in [4.69, 9.17) is 14.7 Å². The van der Waals surface area contributed by atoms with Crippen molar-refractivity contribution in [3.05, 3.63) is 77.6 Å². The number of anilines is 2. The molecule has 10 heteroatoms. The van der Waals surface area contributed by atoms with Gasteiger partial charge in [0.25, 0.3) is 0 Å². The number of amides is 2. The maximum atomic E-state index is 14.6. The Morgan fingerprint density at radius 2 is 1.72 bits per heavy atom. The molecule has 3 N–H and O–H groups in total. The standard InChI is InChI=1S/C26H22FN3O6/c1-35-9-10-36-24-13-22(30-26(33)34)21(12-19(24)18-7-2-3-8-20(18)27)29-25(32)14-23(31)17-6-4-5-16(11-17)15-28/h2-8,11-13,30H,9-10,14H2,1H3,(H,29,32)(H,33,34). The van der Waals surface area contributed by atoms with Gasteiger partial charge in [0, 0.05) is 29.9 Å². The second kappa shape index (κ2) is 12.1.